The summed E-state index contributed by atoms with van der Waals surface area (Å²) in [5, 5.41) is 0. The smallest absolute Gasteiger partial charge is 0.00541 e. The highest BCUT2D eigenvalue weighted by Crippen LogP contribution is 2.41. The van der Waals surface area contributed by atoms with Gasteiger partial charge in [-0.15, -0.1) is 0 Å². The lowest BCUT2D eigenvalue weighted by atomic mass is 9.71. The van der Waals surface area contributed by atoms with Crippen LogP contribution in [-0.4, -0.2) is 73.1 Å². The summed E-state index contributed by atoms with van der Waals surface area (Å²) in [4.78, 5) is 8.00. The molecule has 0 amide bonds. The van der Waals surface area contributed by atoms with Crippen LogP contribution in [0.5, 0.6) is 0 Å². The maximum absolute atomic E-state index is 2.75. The van der Waals surface area contributed by atoms with Crippen molar-refractivity contribution in [3.63, 3.8) is 0 Å². The van der Waals surface area contributed by atoms with Crippen molar-refractivity contribution in [3.05, 3.63) is 0 Å². The van der Waals surface area contributed by atoms with Crippen molar-refractivity contribution in [2.45, 2.75) is 46.1 Å². The zero-order chi connectivity index (χ0) is 14.2. The Morgan fingerprint density at radius 3 is 2.25 bits per heavy atom. The molecule has 3 saturated heterocycles. The number of likely N-dealkylation sites (tertiary alicyclic amines) is 3. The fourth-order valence-electron chi connectivity index (χ4n) is 4.36. The van der Waals surface area contributed by atoms with Crippen molar-refractivity contribution in [2.75, 3.05) is 52.4 Å². The van der Waals surface area contributed by atoms with Gasteiger partial charge in [-0.2, -0.15) is 0 Å². The lowest BCUT2D eigenvalue weighted by Gasteiger charge is -2.56. The zero-order valence-electron chi connectivity index (χ0n) is 13.8. The molecule has 3 fully saturated rings. The van der Waals surface area contributed by atoms with Crippen LogP contribution in [-0.2, 0) is 0 Å². The summed E-state index contributed by atoms with van der Waals surface area (Å²) in [5.74, 6) is 0.962. The van der Waals surface area contributed by atoms with Crippen LogP contribution in [0.1, 0.15) is 40.0 Å². The molecule has 0 aromatic carbocycles. The van der Waals surface area contributed by atoms with Gasteiger partial charge in [0.05, 0.1) is 0 Å². The second-order valence-corrected chi connectivity index (χ2v) is 7.92. The van der Waals surface area contributed by atoms with Crippen molar-refractivity contribution in [3.8, 4) is 0 Å². The second-order valence-electron chi connectivity index (χ2n) is 7.92. The average molecular weight is 279 g/mol. The van der Waals surface area contributed by atoms with Gasteiger partial charge < -0.3 is 9.80 Å². The van der Waals surface area contributed by atoms with E-state index in [0.717, 1.165) is 12.0 Å². The molecule has 0 unspecified atom stereocenters. The molecule has 3 heterocycles. The third kappa shape index (κ3) is 3.05. The molecule has 0 saturated carbocycles. The highest BCUT2D eigenvalue weighted by molar-refractivity contribution is 4.99. The lowest BCUT2D eigenvalue weighted by Crippen LogP contribution is -2.62. The molecule has 1 spiro atoms. The zero-order valence-corrected chi connectivity index (χ0v) is 13.8. The Hall–Kier alpha value is -0.120. The van der Waals surface area contributed by atoms with Crippen LogP contribution in [0.15, 0.2) is 0 Å². The van der Waals surface area contributed by atoms with E-state index in [1.54, 1.807) is 0 Å². The highest BCUT2D eigenvalue weighted by Gasteiger charge is 2.45. The Labute approximate surface area is 125 Å². The Morgan fingerprint density at radius 1 is 1.05 bits per heavy atom. The van der Waals surface area contributed by atoms with E-state index >= 15 is 0 Å². The summed E-state index contributed by atoms with van der Waals surface area (Å²) in [6, 6.07) is 0.748. The van der Waals surface area contributed by atoms with Gasteiger partial charge in [-0.25, -0.2) is 0 Å². The third-order valence-electron chi connectivity index (χ3n) is 5.81. The maximum atomic E-state index is 2.75. The molecule has 3 nitrogen and oxygen atoms in total. The van der Waals surface area contributed by atoms with Gasteiger partial charge in [-0.3, -0.25) is 4.90 Å². The standard InChI is InChI=1S/C17H33N3/c1-4-7-19-11-16(12-19)10-18-8-5-17(6-9-18)13-20(14-17)15(2)3/h15-16H,4-14H2,1-3H3. The first-order chi connectivity index (χ1) is 9.60. The van der Waals surface area contributed by atoms with Crippen LogP contribution < -0.4 is 0 Å². The number of piperidine rings is 1. The fourth-order valence-corrected chi connectivity index (χ4v) is 4.36. The van der Waals surface area contributed by atoms with Crippen LogP contribution in [0.3, 0.4) is 0 Å². The molecule has 3 aliphatic heterocycles. The molecule has 3 heteroatoms. The Balaban J connectivity index is 1.34. The third-order valence-corrected chi connectivity index (χ3v) is 5.81. The van der Waals surface area contributed by atoms with E-state index < -0.39 is 0 Å². The first-order valence-corrected chi connectivity index (χ1v) is 8.79. The SMILES string of the molecule is CCCN1CC(CN2CCC3(CC2)CN(C(C)C)C3)C1. The average Bonchev–Trinajstić information content (AvgIpc) is 2.34. The summed E-state index contributed by atoms with van der Waals surface area (Å²) in [5.41, 5.74) is 0.703. The predicted molar refractivity (Wildman–Crippen MR) is 85.0 cm³/mol. The molecular weight excluding hydrogens is 246 g/mol. The molecule has 0 radical (unpaired) electrons. The van der Waals surface area contributed by atoms with Gasteiger partial charge in [0.2, 0.25) is 0 Å². The molecular formula is C17H33N3. The molecule has 0 aliphatic carbocycles. The van der Waals surface area contributed by atoms with Crippen LogP contribution in [0, 0.1) is 11.3 Å². The predicted octanol–water partition coefficient (Wildman–Crippen LogP) is 2.13. The molecule has 0 aromatic rings. The maximum Gasteiger partial charge on any atom is 0.00541 e. The van der Waals surface area contributed by atoms with E-state index in [9.17, 15) is 0 Å². The van der Waals surface area contributed by atoms with E-state index in [0.29, 0.717) is 5.41 Å². The number of nitrogens with zero attached hydrogens (tertiary/aromatic N) is 3. The summed E-state index contributed by atoms with van der Waals surface area (Å²) in [6.45, 7) is 17.8. The molecule has 0 aromatic heterocycles. The normalized spacial score (nSPS) is 28.8. The monoisotopic (exact) mass is 279 g/mol. The summed E-state index contributed by atoms with van der Waals surface area (Å²) >= 11 is 0. The molecule has 20 heavy (non-hydrogen) atoms. The van der Waals surface area contributed by atoms with Crippen LogP contribution >= 0.6 is 0 Å². The van der Waals surface area contributed by atoms with Crippen molar-refractivity contribution >= 4 is 0 Å². The van der Waals surface area contributed by atoms with Crippen LogP contribution in [0.2, 0.25) is 0 Å². The van der Waals surface area contributed by atoms with E-state index in [1.165, 1.54) is 71.6 Å². The minimum Gasteiger partial charge on any atom is -0.303 e. The van der Waals surface area contributed by atoms with Gasteiger partial charge in [0.25, 0.3) is 0 Å². The summed E-state index contributed by atoms with van der Waals surface area (Å²) in [6.07, 6.45) is 4.20. The van der Waals surface area contributed by atoms with Gasteiger partial charge in [-0.1, -0.05) is 6.92 Å². The Kier molecular flexibility index (Phi) is 4.40. The fraction of sp³-hybridized carbons (Fsp3) is 1.00. The molecule has 3 rings (SSSR count). The Morgan fingerprint density at radius 2 is 1.70 bits per heavy atom. The molecule has 3 aliphatic rings. The van der Waals surface area contributed by atoms with Gasteiger partial charge >= 0.3 is 0 Å². The quantitative estimate of drug-likeness (QED) is 0.763. The summed E-state index contributed by atoms with van der Waals surface area (Å²) in [7, 11) is 0. The molecule has 116 valence electrons. The molecule has 0 N–H and O–H groups in total. The Bertz CT molecular complexity index is 306. The van der Waals surface area contributed by atoms with Crippen molar-refractivity contribution in [1.82, 2.24) is 14.7 Å². The largest absolute Gasteiger partial charge is 0.303 e. The highest BCUT2D eigenvalue weighted by atomic mass is 15.3. The van der Waals surface area contributed by atoms with Gasteiger partial charge in [0.15, 0.2) is 0 Å². The first-order valence-electron chi connectivity index (χ1n) is 8.79. The first kappa shape index (κ1) is 14.8. The van der Waals surface area contributed by atoms with Crippen molar-refractivity contribution in [2.24, 2.45) is 11.3 Å². The molecule has 0 atom stereocenters. The number of rotatable bonds is 5. The summed E-state index contributed by atoms with van der Waals surface area (Å²) < 4.78 is 0. The number of hydrogen-bond donors (Lipinski definition) is 0. The van der Waals surface area contributed by atoms with E-state index in [1.807, 2.05) is 0 Å². The lowest BCUT2D eigenvalue weighted by molar-refractivity contribution is -0.0674. The van der Waals surface area contributed by atoms with E-state index in [-0.39, 0.29) is 0 Å². The topological polar surface area (TPSA) is 9.72 Å². The second kappa shape index (κ2) is 5.94. The molecule has 0 bridgehead atoms. The van der Waals surface area contributed by atoms with Crippen LogP contribution in [0.25, 0.3) is 0 Å². The van der Waals surface area contributed by atoms with Crippen molar-refractivity contribution < 1.29 is 0 Å². The van der Waals surface area contributed by atoms with Gasteiger partial charge in [0, 0.05) is 38.8 Å². The van der Waals surface area contributed by atoms with Crippen molar-refractivity contribution in [1.29, 1.82) is 0 Å². The minimum atomic E-state index is 0.703. The van der Waals surface area contributed by atoms with Gasteiger partial charge in [0.1, 0.15) is 0 Å². The van der Waals surface area contributed by atoms with E-state index in [2.05, 4.69) is 35.5 Å². The minimum absolute atomic E-state index is 0.703. The van der Waals surface area contributed by atoms with Gasteiger partial charge in [-0.05, 0) is 64.1 Å². The number of hydrogen-bond acceptors (Lipinski definition) is 3. The van der Waals surface area contributed by atoms with Crippen LogP contribution in [0.4, 0.5) is 0 Å². The van der Waals surface area contributed by atoms with E-state index in [4.69, 9.17) is 0 Å².